The summed E-state index contributed by atoms with van der Waals surface area (Å²) in [7, 11) is 0. The molecule has 0 radical (unpaired) electrons. The van der Waals surface area contributed by atoms with Gasteiger partial charge in [-0.1, -0.05) is 24.3 Å². The number of aryl methyl sites for hydroxylation is 1. The van der Waals surface area contributed by atoms with Crippen LogP contribution in [0.25, 0.3) is 0 Å². The van der Waals surface area contributed by atoms with Crippen LogP contribution in [0.1, 0.15) is 36.4 Å². The predicted octanol–water partition coefficient (Wildman–Crippen LogP) is 2.79. The van der Waals surface area contributed by atoms with Gasteiger partial charge in [0.1, 0.15) is 6.04 Å². The number of benzene rings is 1. The maximum Gasteiger partial charge on any atom is 0.242 e. The number of carbonyl (C=O) groups is 1. The van der Waals surface area contributed by atoms with Gasteiger partial charge in [0.15, 0.2) is 0 Å². The van der Waals surface area contributed by atoms with Crippen LogP contribution in [0.5, 0.6) is 0 Å². The van der Waals surface area contributed by atoms with Gasteiger partial charge >= 0.3 is 0 Å². The summed E-state index contributed by atoms with van der Waals surface area (Å²) in [6.07, 6.45) is 8.23. The first-order valence-corrected chi connectivity index (χ1v) is 10.1. The number of aromatic nitrogens is 1. The summed E-state index contributed by atoms with van der Waals surface area (Å²) in [6, 6.07) is 12.3. The van der Waals surface area contributed by atoms with Crippen molar-refractivity contribution in [3.63, 3.8) is 0 Å². The highest BCUT2D eigenvalue weighted by atomic mass is 16.2. The Morgan fingerprint density at radius 3 is 2.74 bits per heavy atom. The molecular formula is C22H28N4O. The van der Waals surface area contributed by atoms with Crippen molar-refractivity contribution in [2.24, 2.45) is 0 Å². The summed E-state index contributed by atoms with van der Waals surface area (Å²) in [4.78, 5) is 21.9. The van der Waals surface area contributed by atoms with Crippen LogP contribution in [-0.2, 0) is 11.2 Å². The van der Waals surface area contributed by atoms with E-state index in [2.05, 4.69) is 44.4 Å². The fraction of sp³-hybridized carbons (Fsp3) is 0.455. The smallest absolute Gasteiger partial charge is 0.242 e. The Morgan fingerprint density at radius 2 is 1.93 bits per heavy atom. The third-order valence-corrected chi connectivity index (χ3v) is 5.64. The Labute approximate surface area is 161 Å². The molecule has 142 valence electrons. The van der Waals surface area contributed by atoms with E-state index < -0.39 is 0 Å². The zero-order chi connectivity index (χ0) is 18.5. The van der Waals surface area contributed by atoms with E-state index >= 15 is 0 Å². The van der Waals surface area contributed by atoms with E-state index in [9.17, 15) is 4.79 Å². The molecule has 0 aliphatic carbocycles. The normalized spacial score (nSPS) is 18.1. The average molecular weight is 364 g/mol. The van der Waals surface area contributed by atoms with E-state index in [1.54, 1.807) is 6.20 Å². The van der Waals surface area contributed by atoms with Crippen molar-refractivity contribution in [1.29, 1.82) is 0 Å². The molecule has 2 aliphatic rings. The zero-order valence-corrected chi connectivity index (χ0v) is 15.8. The highest BCUT2D eigenvalue weighted by molar-refractivity contribution is 5.83. The van der Waals surface area contributed by atoms with Crippen molar-refractivity contribution >= 4 is 11.6 Å². The summed E-state index contributed by atoms with van der Waals surface area (Å²) in [5, 5.41) is 3.19. The van der Waals surface area contributed by atoms with Gasteiger partial charge in [-0.25, -0.2) is 0 Å². The molecule has 1 aromatic carbocycles. The van der Waals surface area contributed by atoms with Gasteiger partial charge in [0.25, 0.3) is 0 Å². The number of likely N-dealkylation sites (tertiary alicyclic amines) is 1. The van der Waals surface area contributed by atoms with Crippen molar-refractivity contribution in [1.82, 2.24) is 15.2 Å². The summed E-state index contributed by atoms with van der Waals surface area (Å²) in [5.41, 5.74) is 3.72. The maximum absolute atomic E-state index is 13.0. The SMILES string of the molecule is O=C(NCCN1CCCc2ccccc21)C(c1cccnc1)N1CCCC1. The first kappa shape index (κ1) is 18.0. The van der Waals surface area contributed by atoms with E-state index in [4.69, 9.17) is 0 Å². The number of anilines is 1. The number of amides is 1. The number of pyridine rings is 1. The molecule has 1 saturated heterocycles. The van der Waals surface area contributed by atoms with E-state index in [0.29, 0.717) is 6.54 Å². The highest BCUT2D eigenvalue weighted by Crippen LogP contribution is 2.27. The molecule has 1 fully saturated rings. The molecule has 5 nitrogen and oxygen atoms in total. The summed E-state index contributed by atoms with van der Waals surface area (Å²) >= 11 is 0. The van der Waals surface area contributed by atoms with E-state index in [1.165, 1.54) is 17.7 Å². The van der Waals surface area contributed by atoms with Gasteiger partial charge < -0.3 is 10.2 Å². The highest BCUT2D eigenvalue weighted by Gasteiger charge is 2.29. The molecule has 1 amide bonds. The second-order valence-corrected chi connectivity index (χ2v) is 7.44. The number of hydrogen-bond acceptors (Lipinski definition) is 4. The minimum atomic E-state index is -0.227. The Bertz CT molecular complexity index is 758. The molecule has 2 aliphatic heterocycles. The number of nitrogens with one attached hydrogen (secondary N) is 1. The Kier molecular flexibility index (Phi) is 5.68. The molecular weight excluding hydrogens is 336 g/mol. The van der Waals surface area contributed by atoms with Gasteiger partial charge in [-0.05, 0) is 62.0 Å². The topological polar surface area (TPSA) is 48.5 Å². The second kappa shape index (κ2) is 8.53. The van der Waals surface area contributed by atoms with E-state index in [1.807, 2.05) is 18.3 Å². The van der Waals surface area contributed by atoms with Gasteiger partial charge in [0, 0.05) is 37.7 Å². The van der Waals surface area contributed by atoms with Crippen LogP contribution >= 0.6 is 0 Å². The molecule has 4 rings (SSSR count). The number of hydrogen-bond donors (Lipinski definition) is 1. The summed E-state index contributed by atoms with van der Waals surface area (Å²) in [6.45, 7) is 4.53. The molecule has 5 heteroatoms. The van der Waals surface area contributed by atoms with Crippen LogP contribution in [0, 0.1) is 0 Å². The van der Waals surface area contributed by atoms with Crippen LogP contribution in [0.2, 0.25) is 0 Å². The lowest BCUT2D eigenvalue weighted by molar-refractivity contribution is -0.126. The van der Waals surface area contributed by atoms with Crippen molar-refractivity contribution in [3.05, 3.63) is 59.9 Å². The van der Waals surface area contributed by atoms with E-state index in [-0.39, 0.29) is 11.9 Å². The van der Waals surface area contributed by atoms with Crippen LogP contribution in [0.3, 0.4) is 0 Å². The van der Waals surface area contributed by atoms with Gasteiger partial charge in [0.05, 0.1) is 0 Å². The predicted molar refractivity (Wildman–Crippen MR) is 108 cm³/mol. The summed E-state index contributed by atoms with van der Waals surface area (Å²) < 4.78 is 0. The Hall–Kier alpha value is -2.40. The molecule has 3 heterocycles. The fourth-order valence-electron chi connectivity index (χ4n) is 4.32. The number of nitrogens with zero attached hydrogens (tertiary/aromatic N) is 3. The minimum absolute atomic E-state index is 0.0928. The zero-order valence-electron chi connectivity index (χ0n) is 15.8. The number of rotatable bonds is 6. The Balaban J connectivity index is 1.39. The number of carbonyl (C=O) groups excluding carboxylic acids is 1. The van der Waals surface area contributed by atoms with Crippen molar-refractivity contribution in [3.8, 4) is 0 Å². The Morgan fingerprint density at radius 1 is 1.07 bits per heavy atom. The molecule has 1 N–H and O–H groups in total. The molecule has 0 saturated carbocycles. The molecule has 2 aromatic rings. The molecule has 1 unspecified atom stereocenters. The molecule has 0 bridgehead atoms. The first-order valence-electron chi connectivity index (χ1n) is 10.1. The lowest BCUT2D eigenvalue weighted by Gasteiger charge is -2.32. The maximum atomic E-state index is 13.0. The first-order chi connectivity index (χ1) is 13.3. The fourth-order valence-corrected chi connectivity index (χ4v) is 4.32. The van der Waals surface area contributed by atoms with Crippen LogP contribution < -0.4 is 10.2 Å². The third kappa shape index (κ3) is 4.14. The van der Waals surface area contributed by atoms with Crippen LogP contribution in [-0.4, -0.2) is 48.5 Å². The third-order valence-electron chi connectivity index (χ3n) is 5.64. The molecule has 0 spiro atoms. The molecule has 1 atom stereocenters. The summed E-state index contributed by atoms with van der Waals surface area (Å²) in [5.74, 6) is 0.0928. The standard InChI is InChI=1S/C22H28N4O/c27-22(21(26-13-3-4-14-26)19-8-5-11-23-17-19)24-12-16-25-15-6-9-18-7-1-2-10-20(18)25/h1-2,5,7-8,10-11,17,21H,3-4,6,9,12-16H2,(H,24,27). The van der Waals surface area contributed by atoms with Crippen LogP contribution in [0.4, 0.5) is 5.69 Å². The van der Waals surface area contributed by atoms with Crippen molar-refractivity contribution < 1.29 is 4.79 Å². The van der Waals surface area contributed by atoms with Gasteiger partial charge in [-0.2, -0.15) is 0 Å². The van der Waals surface area contributed by atoms with Gasteiger partial charge in [0.2, 0.25) is 5.91 Å². The quantitative estimate of drug-likeness (QED) is 0.856. The minimum Gasteiger partial charge on any atom is -0.370 e. The van der Waals surface area contributed by atoms with Gasteiger partial charge in [-0.3, -0.25) is 14.7 Å². The van der Waals surface area contributed by atoms with Gasteiger partial charge in [-0.15, -0.1) is 0 Å². The second-order valence-electron chi connectivity index (χ2n) is 7.44. The number of fused-ring (bicyclic) bond motifs is 1. The van der Waals surface area contributed by atoms with Crippen molar-refractivity contribution in [2.75, 3.05) is 37.6 Å². The van der Waals surface area contributed by atoms with Crippen LogP contribution in [0.15, 0.2) is 48.8 Å². The van der Waals surface area contributed by atoms with E-state index in [0.717, 1.165) is 51.0 Å². The largest absolute Gasteiger partial charge is 0.370 e. The molecule has 1 aromatic heterocycles. The lowest BCUT2D eigenvalue weighted by Crippen LogP contribution is -2.43. The molecule has 27 heavy (non-hydrogen) atoms. The monoisotopic (exact) mass is 364 g/mol. The van der Waals surface area contributed by atoms with Crippen molar-refractivity contribution in [2.45, 2.75) is 31.7 Å². The number of para-hydroxylation sites is 1. The lowest BCUT2D eigenvalue weighted by atomic mass is 10.0. The average Bonchev–Trinajstić information content (AvgIpc) is 3.23.